The zero-order valence-corrected chi connectivity index (χ0v) is 5.42. The van der Waals surface area contributed by atoms with E-state index in [-0.39, 0.29) is 0 Å². The van der Waals surface area contributed by atoms with E-state index in [1.165, 1.54) is 0 Å². The number of hydrogen-bond acceptors (Lipinski definition) is 0. The van der Waals surface area contributed by atoms with E-state index >= 15 is 0 Å². The molecule has 1 radical (unpaired) electrons. The van der Waals surface area contributed by atoms with E-state index in [4.69, 9.17) is 0 Å². The van der Waals surface area contributed by atoms with Crippen molar-refractivity contribution in [1.82, 2.24) is 0 Å². The molecule has 67 valence electrons. The molecule has 0 aromatic heterocycles. The van der Waals surface area contributed by atoms with Crippen molar-refractivity contribution in [3.8, 4) is 0 Å². The van der Waals surface area contributed by atoms with Crippen molar-refractivity contribution in [2.24, 2.45) is 0 Å². The van der Waals surface area contributed by atoms with Gasteiger partial charge in [0.1, 0.15) is 0 Å². The molecule has 0 rings (SSSR count). The molecule has 0 N–H and O–H groups in total. The molecule has 0 aromatic rings. The summed E-state index contributed by atoms with van der Waals surface area (Å²) in [6.07, 6.45) is -9.86. The maximum Gasteiger partial charge on any atom is 0.349 e. The van der Waals surface area contributed by atoms with Crippen LogP contribution in [-0.4, -0.2) is 18.3 Å². The number of hydrogen-bond donors (Lipinski definition) is 0. The summed E-state index contributed by atoms with van der Waals surface area (Å²) in [5.74, 6) is -4.64. The minimum Gasteiger partial charge on any atom is -0.241 e. The Bertz CT molecular complexity index is 120. The van der Waals surface area contributed by atoms with E-state index in [0.29, 0.717) is 6.92 Å². The van der Waals surface area contributed by atoms with Gasteiger partial charge in [0.05, 0.1) is 0 Å². The fourth-order valence-corrected chi connectivity index (χ4v) is 0.347. The van der Waals surface area contributed by atoms with Crippen molar-refractivity contribution >= 4 is 0 Å². The van der Waals surface area contributed by atoms with Gasteiger partial charge in [-0.25, -0.2) is 8.78 Å². The van der Waals surface area contributed by atoms with Crippen LogP contribution in [0.2, 0.25) is 0 Å². The lowest BCUT2D eigenvalue weighted by Crippen LogP contribution is -2.39. The predicted molar refractivity (Wildman–Crippen MR) is 25.9 cm³/mol. The molecule has 11 heavy (non-hydrogen) atoms. The summed E-state index contributed by atoms with van der Waals surface area (Å²) in [4.78, 5) is 0. The first-order valence-corrected chi connectivity index (χ1v) is 2.64. The Morgan fingerprint density at radius 1 is 1.18 bits per heavy atom. The summed E-state index contributed by atoms with van der Waals surface area (Å²) >= 11 is 0. The van der Waals surface area contributed by atoms with Crippen LogP contribution in [0.1, 0.15) is 6.92 Å². The van der Waals surface area contributed by atoms with Crippen molar-refractivity contribution in [2.45, 2.75) is 25.2 Å². The molecule has 0 spiro atoms. The van der Waals surface area contributed by atoms with Crippen LogP contribution in [0.3, 0.4) is 0 Å². The number of rotatable bonds is 3. The second-order valence-electron chi connectivity index (χ2n) is 1.94. The molecule has 0 aliphatic rings. The zero-order chi connectivity index (χ0) is 9.23. The monoisotopic (exact) mass is 179 g/mol. The van der Waals surface area contributed by atoms with Gasteiger partial charge in [-0.05, 0) is 6.92 Å². The summed E-state index contributed by atoms with van der Waals surface area (Å²) < 4.78 is 69.8. The Labute approximate surface area is 59.2 Å². The highest BCUT2D eigenvalue weighted by atomic mass is 19.3. The maximum absolute atomic E-state index is 11.9. The topological polar surface area (TPSA) is 0 Å². The molecule has 0 bridgehead atoms. The molecule has 2 atom stereocenters. The molecule has 0 aliphatic carbocycles. The van der Waals surface area contributed by atoms with Gasteiger partial charge in [0.2, 0.25) is 6.17 Å². The molecule has 0 heterocycles. The fourth-order valence-electron chi connectivity index (χ4n) is 0.347. The number of alkyl halides is 4. The first-order valence-electron chi connectivity index (χ1n) is 2.64. The van der Waals surface area contributed by atoms with Gasteiger partial charge < -0.3 is 0 Å². The van der Waals surface area contributed by atoms with E-state index in [9.17, 15) is 26.3 Å². The van der Waals surface area contributed by atoms with Crippen LogP contribution in [0.5, 0.6) is 0 Å². The molecule has 6 heteroatoms. The number of halogens is 6. The molecule has 0 nitrogen and oxygen atoms in total. The SMILES string of the molecule is CC(F)C(F)(F)C(F)[C](F)F. The predicted octanol–water partition coefficient (Wildman–Crippen LogP) is 2.75. The second-order valence-corrected chi connectivity index (χ2v) is 1.94. The Kier molecular flexibility index (Phi) is 3.19. The van der Waals surface area contributed by atoms with E-state index < -0.39 is 24.7 Å². The van der Waals surface area contributed by atoms with Crippen LogP contribution >= 0.6 is 0 Å². The minimum absolute atomic E-state index is 0.315. The van der Waals surface area contributed by atoms with E-state index in [2.05, 4.69) is 0 Å². The van der Waals surface area contributed by atoms with Gasteiger partial charge in [-0.3, -0.25) is 0 Å². The molecule has 0 saturated carbocycles. The highest BCUT2D eigenvalue weighted by Crippen LogP contribution is 2.34. The van der Waals surface area contributed by atoms with Gasteiger partial charge in [-0.1, -0.05) is 0 Å². The normalized spacial score (nSPS) is 18.5. The van der Waals surface area contributed by atoms with Crippen LogP contribution in [0, 0.1) is 6.43 Å². The minimum atomic E-state index is -4.64. The Morgan fingerprint density at radius 3 is 1.64 bits per heavy atom. The third kappa shape index (κ3) is 2.27. The summed E-state index contributed by atoms with van der Waals surface area (Å²) in [5, 5.41) is 0. The maximum atomic E-state index is 11.9. The van der Waals surface area contributed by atoms with E-state index in [1.54, 1.807) is 0 Å². The van der Waals surface area contributed by atoms with Crippen molar-refractivity contribution in [3.63, 3.8) is 0 Å². The lowest BCUT2D eigenvalue weighted by Gasteiger charge is -2.19. The average molecular weight is 179 g/mol. The molecule has 0 aliphatic heterocycles. The molecule has 0 saturated heterocycles. The highest BCUT2D eigenvalue weighted by Gasteiger charge is 2.52. The Balaban J connectivity index is 4.29. The lowest BCUT2D eigenvalue weighted by atomic mass is 10.1. The van der Waals surface area contributed by atoms with E-state index in [1.807, 2.05) is 0 Å². The molecular weight excluding hydrogens is 174 g/mol. The summed E-state index contributed by atoms with van der Waals surface area (Å²) in [6.45, 7) is 0.315. The van der Waals surface area contributed by atoms with Gasteiger partial charge in [0.15, 0.2) is 6.17 Å². The van der Waals surface area contributed by atoms with Crippen molar-refractivity contribution in [3.05, 3.63) is 6.43 Å². The standard InChI is InChI=1S/C5H5F6/c1-2(6)5(10,11)3(7)4(8)9/h2-3H,1H3. The second kappa shape index (κ2) is 3.32. The average Bonchev–Trinajstić information content (AvgIpc) is 1.85. The van der Waals surface area contributed by atoms with Crippen molar-refractivity contribution in [2.75, 3.05) is 0 Å². The largest absolute Gasteiger partial charge is 0.349 e. The van der Waals surface area contributed by atoms with Gasteiger partial charge in [0.25, 0.3) is 0 Å². The summed E-state index contributed by atoms with van der Waals surface area (Å²) in [6, 6.07) is 0. The van der Waals surface area contributed by atoms with Crippen molar-refractivity contribution in [1.29, 1.82) is 0 Å². The van der Waals surface area contributed by atoms with Crippen molar-refractivity contribution < 1.29 is 26.3 Å². The Hall–Kier alpha value is -0.420. The molecular formula is C5H5F6. The van der Waals surface area contributed by atoms with Gasteiger partial charge >= 0.3 is 12.3 Å². The quantitative estimate of drug-likeness (QED) is 0.584. The van der Waals surface area contributed by atoms with Gasteiger partial charge in [0, 0.05) is 0 Å². The third-order valence-electron chi connectivity index (χ3n) is 1.06. The summed E-state index contributed by atoms with van der Waals surface area (Å²) in [5.41, 5.74) is 0. The molecule has 2 unspecified atom stereocenters. The van der Waals surface area contributed by atoms with Gasteiger partial charge in [-0.2, -0.15) is 17.6 Å². The van der Waals surface area contributed by atoms with Crippen LogP contribution in [0.4, 0.5) is 26.3 Å². The summed E-state index contributed by atoms with van der Waals surface area (Å²) in [7, 11) is 0. The zero-order valence-electron chi connectivity index (χ0n) is 5.42. The molecule has 0 aromatic carbocycles. The first kappa shape index (κ1) is 10.6. The van der Waals surface area contributed by atoms with Crippen LogP contribution in [-0.2, 0) is 0 Å². The third-order valence-corrected chi connectivity index (χ3v) is 1.06. The van der Waals surface area contributed by atoms with E-state index in [0.717, 1.165) is 0 Å². The van der Waals surface area contributed by atoms with Gasteiger partial charge in [-0.15, -0.1) is 0 Å². The lowest BCUT2D eigenvalue weighted by molar-refractivity contribution is -0.135. The molecule has 0 fully saturated rings. The fraction of sp³-hybridized carbons (Fsp3) is 0.800. The first-order chi connectivity index (χ1) is 4.80. The smallest absolute Gasteiger partial charge is 0.241 e. The highest BCUT2D eigenvalue weighted by molar-refractivity contribution is 4.91. The van der Waals surface area contributed by atoms with Crippen LogP contribution < -0.4 is 0 Å². The van der Waals surface area contributed by atoms with Crippen LogP contribution in [0.15, 0.2) is 0 Å². The van der Waals surface area contributed by atoms with Crippen LogP contribution in [0.25, 0.3) is 0 Å². The Morgan fingerprint density at radius 2 is 1.55 bits per heavy atom. The molecule has 0 amide bonds.